The number of amidine groups is 1. The molecule has 1 N–H and O–H groups in total. The summed E-state index contributed by atoms with van der Waals surface area (Å²) in [6.07, 6.45) is 4.48. The normalized spacial score (nSPS) is 15.9. The molecule has 0 fully saturated rings. The quantitative estimate of drug-likeness (QED) is 0.828. The van der Waals surface area contributed by atoms with E-state index in [1.807, 2.05) is 0 Å². The molecule has 2 aromatic rings. The smallest absolute Gasteiger partial charge is 0.285 e. The average molecular weight is 260 g/mol. The Morgan fingerprint density at radius 1 is 1.06 bits per heavy atom. The van der Waals surface area contributed by atoms with Gasteiger partial charge in [0.15, 0.2) is 5.84 Å². The summed E-state index contributed by atoms with van der Waals surface area (Å²) in [4.78, 5) is 7.89. The number of anilines is 1. The first-order chi connectivity index (χ1) is 8.67. The van der Waals surface area contributed by atoms with Gasteiger partial charge in [0.25, 0.3) is 10.0 Å². The van der Waals surface area contributed by atoms with Gasteiger partial charge in [0.2, 0.25) is 0 Å². The summed E-state index contributed by atoms with van der Waals surface area (Å²) in [6.45, 7) is 0. The highest BCUT2D eigenvalue weighted by atomic mass is 32.2. The van der Waals surface area contributed by atoms with E-state index in [0.29, 0.717) is 17.1 Å². The lowest BCUT2D eigenvalue weighted by Crippen LogP contribution is -2.11. The molecule has 90 valence electrons. The first-order valence-corrected chi connectivity index (χ1v) is 6.57. The Morgan fingerprint density at radius 3 is 2.56 bits per heavy atom. The minimum Gasteiger partial charge on any atom is -0.336 e. The van der Waals surface area contributed by atoms with Gasteiger partial charge in [-0.05, 0) is 12.1 Å². The van der Waals surface area contributed by atoms with Gasteiger partial charge >= 0.3 is 0 Å². The lowest BCUT2D eigenvalue weighted by Gasteiger charge is -2.04. The van der Waals surface area contributed by atoms with Crippen LogP contribution in [0.2, 0.25) is 0 Å². The predicted octanol–water partition coefficient (Wildman–Crippen LogP) is 1.04. The molecule has 2 heterocycles. The van der Waals surface area contributed by atoms with E-state index < -0.39 is 10.0 Å². The second kappa shape index (κ2) is 3.88. The van der Waals surface area contributed by atoms with Crippen molar-refractivity contribution in [2.75, 3.05) is 5.32 Å². The minimum atomic E-state index is -3.59. The molecular formula is C11H8N4O2S. The zero-order valence-corrected chi connectivity index (χ0v) is 9.92. The third-order valence-corrected chi connectivity index (χ3v) is 3.79. The van der Waals surface area contributed by atoms with Crippen LogP contribution in [0.25, 0.3) is 0 Å². The van der Waals surface area contributed by atoms with Crippen LogP contribution >= 0.6 is 0 Å². The number of fused-ring (bicyclic) bond motifs is 1. The number of nitrogens with zero attached hydrogens (tertiary/aromatic N) is 3. The monoisotopic (exact) mass is 260 g/mol. The van der Waals surface area contributed by atoms with Crippen LogP contribution in [0.4, 0.5) is 5.69 Å². The van der Waals surface area contributed by atoms with E-state index in [9.17, 15) is 8.42 Å². The van der Waals surface area contributed by atoms with Crippen LogP contribution in [0.3, 0.4) is 0 Å². The Bertz CT molecular complexity index is 726. The van der Waals surface area contributed by atoms with Gasteiger partial charge in [0.1, 0.15) is 11.2 Å². The fourth-order valence-corrected chi connectivity index (χ4v) is 2.87. The molecule has 1 aliphatic heterocycles. The van der Waals surface area contributed by atoms with Crippen molar-refractivity contribution in [3.8, 4) is 0 Å². The van der Waals surface area contributed by atoms with E-state index in [-0.39, 0.29) is 4.90 Å². The Kier molecular flexibility index (Phi) is 2.34. The maximum absolute atomic E-state index is 11.8. The molecule has 1 aromatic heterocycles. The number of nitrogens with one attached hydrogen (secondary N) is 1. The molecule has 3 rings (SSSR count). The Hall–Kier alpha value is -2.28. The molecule has 0 atom stereocenters. The van der Waals surface area contributed by atoms with Crippen molar-refractivity contribution < 1.29 is 8.42 Å². The van der Waals surface area contributed by atoms with Gasteiger partial charge in [0.05, 0.1) is 18.1 Å². The van der Waals surface area contributed by atoms with Crippen molar-refractivity contribution in [1.82, 2.24) is 9.97 Å². The summed E-state index contributed by atoms with van der Waals surface area (Å²) < 4.78 is 27.3. The number of hydrogen-bond acceptors (Lipinski definition) is 5. The topological polar surface area (TPSA) is 84.3 Å². The van der Waals surface area contributed by atoms with Crippen molar-refractivity contribution in [1.29, 1.82) is 0 Å². The molecule has 7 heteroatoms. The SMILES string of the molecule is O=S1(=O)N=C(Nc2cncnc2)c2ccccc21. The average Bonchev–Trinajstić information content (AvgIpc) is 2.63. The Labute approximate surface area is 103 Å². The van der Waals surface area contributed by atoms with Crippen LogP contribution in [0.5, 0.6) is 0 Å². The van der Waals surface area contributed by atoms with E-state index in [4.69, 9.17) is 0 Å². The zero-order chi connectivity index (χ0) is 12.6. The van der Waals surface area contributed by atoms with Gasteiger partial charge in [-0.2, -0.15) is 8.42 Å². The fraction of sp³-hybridized carbons (Fsp3) is 0. The number of aromatic nitrogens is 2. The molecule has 0 saturated heterocycles. The minimum absolute atomic E-state index is 0.212. The molecule has 0 radical (unpaired) electrons. The van der Waals surface area contributed by atoms with Crippen LogP contribution in [0, 0.1) is 0 Å². The van der Waals surface area contributed by atoms with Crippen molar-refractivity contribution in [3.63, 3.8) is 0 Å². The molecule has 6 nitrogen and oxygen atoms in total. The number of benzene rings is 1. The summed E-state index contributed by atoms with van der Waals surface area (Å²) in [5.41, 5.74) is 1.14. The first-order valence-electron chi connectivity index (χ1n) is 5.13. The standard InChI is InChI=1S/C11H8N4O2S/c16-18(17)10-4-2-1-3-9(10)11(15-18)14-8-5-12-7-13-6-8/h1-7H,(H,14,15). The zero-order valence-electron chi connectivity index (χ0n) is 9.11. The largest absolute Gasteiger partial charge is 0.336 e. The molecule has 0 aliphatic carbocycles. The fourth-order valence-electron chi connectivity index (χ4n) is 1.70. The molecule has 0 saturated carbocycles. The van der Waals surface area contributed by atoms with Gasteiger partial charge in [-0.1, -0.05) is 12.1 Å². The van der Waals surface area contributed by atoms with Gasteiger partial charge in [-0.15, -0.1) is 4.40 Å². The Balaban J connectivity index is 2.05. The summed E-state index contributed by atoms with van der Waals surface area (Å²) >= 11 is 0. The molecule has 18 heavy (non-hydrogen) atoms. The summed E-state index contributed by atoms with van der Waals surface area (Å²) in [6, 6.07) is 6.67. The van der Waals surface area contributed by atoms with Gasteiger partial charge in [0, 0.05) is 5.56 Å². The lowest BCUT2D eigenvalue weighted by molar-refractivity contribution is 0.599. The molecule has 1 aromatic carbocycles. The number of sulfonamides is 1. The van der Waals surface area contributed by atoms with E-state index in [2.05, 4.69) is 19.7 Å². The van der Waals surface area contributed by atoms with Gasteiger partial charge < -0.3 is 5.32 Å². The third-order valence-electron chi connectivity index (χ3n) is 2.45. The third kappa shape index (κ3) is 1.74. The van der Waals surface area contributed by atoms with Crippen LogP contribution < -0.4 is 5.32 Å². The van der Waals surface area contributed by atoms with Crippen molar-refractivity contribution in [3.05, 3.63) is 48.5 Å². The van der Waals surface area contributed by atoms with Crippen LogP contribution in [-0.2, 0) is 10.0 Å². The van der Waals surface area contributed by atoms with Crippen LogP contribution in [0.15, 0.2) is 52.3 Å². The van der Waals surface area contributed by atoms with Gasteiger partial charge in [-0.25, -0.2) is 9.97 Å². The number of hydrogen-bond donors (Lipinski definition) is 1. The second-order valence-electron chi connectivity index (χ2n) is 3.66. The molecule has 0 bridgehead atoms. The highest BCUT2D eigenvalue weighted by Crippen LogP contribution is 2.26. The first kappa shape index (κ1) is 10.8. The molecule has 1 aliphatic rings. The predicted molar refractivity (Wildman–Crippen MR) is 65.8 cm³/mol. The summed E-state index contributed by atoms with van der Waals surface area (Å²) in [5, 5.41) is 2.90. The van der Waals surface area contributed by atoms with E-state index in [1.54, 1.807) is 30.6 Å². The summed E-state index contributed by atoms with van der Waals surface area (Å²) in [7, 11) is -3.59. The van der Waals surface area contributed by atoms with Crippen molar-refractivity contribution >= 4 is 21.5 Å². The van der Waals surface area contributed by atoms with Crippen LogP contribution in [0.1, 0.15) is 5.56 Å². The maximum Gasteiger partial charge on any atom is 0.285 e. The molecule has 0 unspecified atom stereocenters. The molecular weight excluding hydrogens is 252 g/mol. The highest BCUT2D eigenvalue weighted by molar-refractivity contribution is 7.90. The van der Waals surface area contributed by atoms with E-state index in [1.165, 1.54) is 12.4 Å². The molecule has 0 amide bonds. The number of rotatable bonds is 1. The van der Waals surface area contributed by atoms with Gasteiger partial charge in [-0.3, -0.25) is 0 Å². The highest BCUT2D eigenvalue weighted by Gasteiger charge is 2.28. The molecule has 0 spiro atoms. The van der Waals surface area contributed by atoms with Crippen molar-refractivity contribution in [2.45, 2.75) is 4.90 Å². The summed E-state index contributed by atoms with van der Waals surface area (Å²) in [5.74, 6) is 0.292. The van der Waals surface area contributed by atoms with E-state index >= 15 is 0 Å². The van der Waals surface area contributed by atoms with Crippen LogP contribution in [-0.4, -0.2) is 24.2 Å². The Morgan fingerprint density at radius 2 is 1.78 bits per heavy atom. The lowest BCUT2D eigenvalue weighted by atomic mass is 10.2. The maximum atomic E-state index is 11.8. The van der Waals surface area contributed by atoms with E-state index in [0.717, 1.165) is 0 Å². The van der Waals surface area contributed by atoms with Crippen molar-refractivity contribution in [2.24, 2.45) is 4.40 Å². The second-order valence-corrected chi connectivity index (χ2v) is 5.24.